The summed E-state index contributed by atoms with van der Waals surface area (Å²) in [5, 5.41) is 12.2. The Bertz CT molecular complexity index is 649. The van der Waals surface area contributed by atoms with E-state index in [1.807, 2.05) is 24.3 Å². The van der Waals surface area contributed by atoms with Crippen molar-refractivity contribution >= 4 is 12.4 Å². The predicted octanol–water partition coefficient (Wildman–Crippen LogP) is 4.26. The largest absolute Gasteiger partial charge is 0.493 e. The van der Waals surface area contributed by atoms with Crippen molar-refractivity contribution in [1.82, 2.24) is 5.32 Å². The summed E-state index contributed by atoms with van der Waals surface area (Å²) in [6.45, 7) is 4.65. The number of methoxy groups -OCH3 is 1. The average Bonchev–Trinajstić information content (AvgIpc) is 2.64. The smallest absolute Gasteiger partial charge is 0.161 e. The van der Waals surface area contributed by atoms with E-state index in [1.54, 1.807) is 7.11 Å². The van der Waals surface area contributed by atoms with Crippen LogP contribution in [0.2, 0.25) is 0 Å². The lowest BCUT2D eigenvalue weighted by Gasteiger charge is -2.13. The van der Waals surface area contributed by atoms with Crippen molar-refractivity contribution in [3.63, 3.8) is 0 Å². The van der Waals surface area contributed by atoms with Gasteiger partial charge in [-0.15, -0.1) is 12.4 Å². The third kappa shape index (κ3) is 7.24. The van der Waals surface area contributed by atoms with Crippen LogP contribution >= 0.6 is 12.4 Å². The van der Waals surface area contributed by atoms with Gasteiger partial charge in [0.25, 0.3) is 0 Å². The number of halogens is 1. The maximum absolute atomic E-state index is 8.77. The molecule has 2 aromatic carbocycles. The number of unbranched alkanes of at least 4 members (excludes halogenated alkanes) is 2. The lowest BCUT2D eigenvalue weighted by atomic mass is 10.1. The average molecular weight is 380 g/mol. The topological polar surface area (TPSA) is 50.7 Å². The van der Waals surface area contributed by atoms with Crippen molar-refractivity contribution in [2.75, 3.05) is 20.3 Å². The third-order valence-corrected chi connectivity index (χ3v) is 4.21. The standard InChI is InChI=1S/C21H29NO3.ClH/c1-17-8-4-5-9-19(17)16-25-20-11-10-18(14-21(20)24-2)15-22-12-6-3-7-13-23;/h4-5,8-11,14,22-23H,3,6-7,12-13,15-16H2,1-2H3;1H. The van der Waals surface area contributed by atoms with Gasteiger partial charge >= 0.3 is 0 Å². The number of aliphatic hydroxyl groups is 1. The van der Waals surface area contributed by atoms with E-state index >= 15 is 0 Å². The first-order valence-electron chi connectivity index (χ1n) is 8.90. The van der Waals surface area contributed by atoms with Crippen LogP contribution in [0.25, 0.3) is 0 Å². The van der Waals surface area contributed by atoms with Crippen molar-refractivity contribution in [2.45, 2.75) is 39.3 Å². The van der Waals surface area contributed by atoms with Crippen LogP contribution in [-0.4, -0.2) is 25.4 Å². The van der Waals surface area contributed by atoms with E-state index in [4.69, 9.17) is 14.6 Å². The maximum atomic E-state index is 8.77. The first kappa shape index (κ1) is 22.3. The number of ether oxygens (including phenoxy) is 2. The molecule has 0 unspecified atom stereocenters. The van der Waals surface area contributed by atoms with Crippen LogP contribution in [0.15, 0.2) is 42.5 Å². The van der Waals surface area contributed by atoms with Crippen LogP contribution in [-0.2, 0) is 13.2 Å². The Kier molecular flexibility index (Phi) is 10.8. The molecule has 2 N–H and O–H groups in total. The van der Waals surface area contributed by atoms with E-state index in [9.17, 15) is 0 Å². The van der Waals surface area contributed by atoms with Crippen LogP contribution in [0.4, 0.5) is 0 Å². The zero-order chi connectivity index (χ0) is 17.9. The molecule has 0 saturated heterocycles. The molecule has 5 heteroatoms. The van der Waals surface area contributed by atoms with Crippen molar-refractivity contribution in [2.24, 2.45) is 0 Å². The summed E-state index contributed by atoms with van der Waals surface area (Å²) in [7, 11) is 1.67. The number of aliphatic hydroxyl groups excluding tert-OH is 1. The zero-order valence-electron chi connectivity index (χ0n) is 15.7. The van der Waals surface area contributed by atoms with Crippen molar-refractivity contribution < 1.29 is 14.6 Å². The molecule has 0 amide bonds. The minimum Gasteiger partial charge on any atom is -0.493 e. The molecule has 26 heavy (non-hydrogen) atoms. The van der Waals surface area contributed by atoms with Gasteiger partial charge in [-0.25, -0.2) is 0 Å². The van der Waals surface area contributed by atoms with Gasteiger partial charge < -0.3 is 19.9 Å². The lowest BCUT2D eigenvalue weighted by Crippen LogP contribution is -2.14. The molecular weight excluding hydrogens is 350 g/mol. The van der Waals surface area contributed by atoms with Gasteiger partial charge in [0.1, 0.15) is 6.61 Å². The summed E-state index contributed by atoms with van der Waals surface area (Å²) in [5.41, 5.74) is 3.57. The SMILES string of the molecule is COc1cc(CNCCCCCO)ccc1OCc1ccccc1C.Cl. The van der Waals surface area contributed by atoms with Gasteiger partial charge in [-0.3, -0.25) is 0 Å². The molecule has 0 heterocycles. The Morgan fingerprint density at radius 1 is 1.00 bits per heavy atom. The minimum atomic E-state index is 0. The second kappa shape index (κ2) is 12.6. The molecule has 2 rings (SSSR count). The minimum absolute atomic E-state index is 0. The van der Waals surface area contributed by atoms with Gasteiger partial charge in [-0.1, -0.05) is 30.3 Å². The van der Waals surface area contributed by atoms with E-state index in [2.05, 4.69) is 30.4 Å². The van der Waals surface area contributed by atoms with E-state index in [0.717, 1.165) is 43.9 Å². The van der Waals surface area contributed by atoms with Gasteiger partial charge in [0.15, 0.2) is 11.5 Å². The zero-order valence-corrected chi connectivity index (χ0v) is 16.5. The first-order chi connectivity index (χ1) is 12.2. The summed E-state index contributed by atoms with van der Waals surface area (Å²) in [5.74, 6) is 1.52. The van der Waals surface area contributed by atoms with Gasteiger partial charge in [-0.2, -0.15) is 0 Å². The van der Waals surface area contributed by atoms with Crippen LogP contribution in [0.1, 0.15) is 36.0 Å². The Morgan fingerprint density at radius 2 is 1.81 bits per heavy atom. The highest BCUT2D eigenvalue weighted by atomic mass is 35.5. The number of rotatable bonds is 11. The molecule has 0 radical (unpaired) electrons. The van der Waals surface area contributed by atoms with Gasteiger partial charge in [0.2, 0.25) is 0 Å². The highest BCUT2D eigenvalue weighted by Crippen LogP contribution is 2.29. The summed E-state index contributed by atoms with van der Waals surface area (Å²) in [6.07, 6.45) is 3.01. The quantitative estimate of drug-likeness (QED) is 0.573. The molecule has 4 nitrogen and oxygen atoms in total. The van der Waals surface area contributed by atoms with Crippen LogP contribution in [0.5, 0.6) is 11.5 Å². The number of hydrogen-bond donors (Lipinski definition) is 2. The third-order valence-electron chi connectivity index (χ3n) is 4.21. The van der Waals surface area contributed by atoms with E-state index in [0.29, 0.717) is 6.61 Å². The normalized spacial score (nSPS) is 10.3. The fraction of sp³-hybridized carbons (Fsp3) is 0.429. The molecule has 0 aliphatic heterocycles. The van der Waals surface area contributed by atoms with E-state index < -0.39 is 0 Å². The maximum Gasteiger partial charge on any atom is 0.161 e. The van der Waals surface area contributed by atoms with Gasteiger partial charge in [0, 0.05) is 13.2 Å². The fourth-order valence-electron chi connectivity index (χ4n) is 2.64. The molecule has 0 fully saturated rings. The van der Waals surface area contributed by atoms with E-state index in [1.165, 1.54) is 16.7 Å². The molecule has 0 aromatic heterocycles. The van der Waals surface area contributed by atoms with Crippen molar-refractivity contribution in [1.29, 1.82) is 0 Å². The Hall–Kier alpha value is -1.75. The second-order valence-corrected chi connectivity index (χ2v) is 6.16. The van der Waals surface area contributed by atoms with Crippen molar-refractivity contribution in [3.8, 4) is 11.5 Å². The Labute approximate surface area is 162 Å². The Balaban J connectivity index is 0.00000338. The van der Waals surface area contributed by atoms with Crippen LogP contribution < -0.4 is 14.8 Å². The fourth-order valence-corrected chi connectivity index (χ4v) is 2.64. The lowest BCUT2D eigenvalue weighted by molar-refractivity contribution is 0.282. The first-order valence-corrected chi connectivity index (χ1v) is 8.90. The Morgan fingerprint density at radius 3 is 2.54 bits per heavy atom. The molecule has 0 spiro atoms. The monoisotopic (exact) mass is 379 g/mol. The van der Waals surface area contributed by atoms with E-state index in [-0.39, 0.29) is 19.0 Å². The number of hydrogen-bond acceptors (Lipinski definition) is 4. The molecule has 0 saturated carbocycles. The molecule has 0 aliphatic rings. The highest BCUT2D eigenvalue weighted by molar-refractivity contribution is 5.85. The van der Waals surface area contributed by atoms with Crippen molar-refractivity contribution in [3.05, 3.63) is 59.2 Å². The summed E-state index contributed by atoms with van der Waals surface area (Å²) >= 11 is 0. The number of aryl methyl sites for hydroxylation is 1. The van der Waals surface area contributed by atoms with Gasteiger partial charge in [-0.05, 0) is 61.6 Å². The molecule has 144 valence electrons. The molecule has 0 atom stereocenters. The molecule has 0 aliphatic carbocycles. The summed E-state index contributed by atoms with van der Waals surface area (Å²) < 4.78 is 11.4. The number of benzene rings is 2. The molecular formula is C21H30ClNO3. The second-order valence-electron chi connectivity index (χ2n) is 6.16. The number of nitrogens with one attached hydrogen (secondary N) is 1. The molecule has 0 bridgehead atoms. The molecule has 2 aromatic rings. The van der Waals surface area contributed by atoms with Crippen LogP contribution in [0.3, 0.4) is 0 Å². The highest BCUT2D eigenvalue weighted by Gasteiger charge is 2.07. The van der Waals surface area contributed by atoms with Crippen LogP contribution in [0, 0.1) is 6.92 Å². The predicted molar refractivity (Wildman–Crippen MR) is 108 cm³/mol. The van der Waals surface area contributed by atoms with Gasteiger partial charge in [0.05, 0.1) is 7.11 Å². The summed E-state index contributed by atoms with van der Waals surface area (Å²) in [6, 6.07) is 14.3. The summed E-state index contributed by atoms with van der Waals surface area (Å²) in [4.78, 5) is 0.